The molecule has 2 aromatic heterocycles. The standard InChI is InChI=1S/C14H8N2O/c15-9-12-10-5-1-2-6-11(10)14(17)16-8-4-3-7-13(12)16/h1-8H. The van der Waals surface area contributed by atoms with Gasteiger partial charge in [-0.05, 0) is 18.2 Å². The highest BCUT2D eigenvalue weighted by atomic mass is 16.1. The maximum absolute atomic E-state index is 12.2. The Morgan fingerprint density at radius 3 is 2.47 bits per heavy atom. The summed E-state index contributed by atoms with van der Waals surface area (Å²) in [5, 5.41) is 10.5. The number of pyridine rings is 2. The summed E-state index contributed by atoms with van der Waals surface area (Å²) in [6.45, 7) is 0. The molecule has 0 fully saturated rings. The Hall–Kier alpha value is -2.60. The first-order valence-electron chi connectivity index (χ1n) is 5.25. The molecule has 0 saturated heterocycles. The maximum atomic E-state index is 12.2. The van der Waals surface area contributed by atoms with E-state index < -0.39 is 0 Å². The van der Waals surface area contributed by atoms with Gasteiger partial charge in [0.15, 0.2) is 0 Å². The van der Waals surface area contributed by atoms with Crippen LogP contribution in [0, 0.1) is 11.3 Å². The van der Waals surface area contributed by atoms with Crippen molar-refractivity contribution >= 4 is 16.3 Å². The van der Waals surface area contributed by atoms with Gasteiger partial charge in [0.2, 0.25) is 0 Å². The molecule has 0 spiro atoms. The van der Waals surface area contributed by atoms with Crippen molar-refractivity contribution in [1.29, 1.82) is 5.26 Å². The minimum absolute atomic E-state index is 0.0878. The molecule has 2 heterocycles. The van der Waals surface area contributed by atoms with Gasteiger partial charge >= 0.3 is 0 Å². The third kappa shape index (κ3) is 1.25. The normalized spacial score (nSPS) is 10.5. The van der Waals surface area contributed by atoms with E-state index >= 15 is 0 Å². The van der Waals surface area contributed by atoms with Crippen LogP contribution in [0.3, 0.4) is 0 Å². The second kappa shape index (κ2) is 3.46. The Morgan fingerprint density at radius 1 is 1.00 bits per heavy atom. The van der Waals surface area contributed by atoms with Crippen LogP contribution in [0.4, 0.5) is 0 Å². The fourth-order valence-electron chi connectivity index (χ4n) is 2.10. The fourth-order valence-corrected chi connectivity index (χ4v) is 2.10. The number of nitriles is 1. The van der Waals surface area contributed by atoms with Gasteiger partial charge in [-0.3, -0.25) is 9.20 Å². The Kier molecular flexibility index (Phi) is 1.96. The molecule has 0 N–H and O–H groups in total. The van der Waals surface area contributed by atoms with Crippen molar-refractivity contribution in [3.63, 3.8) is 0 Å². The van der Waals surface area contributed by atoms with E-state index in [2.05, 4.69) is 6.07 Å². The highest BCUT2D eigenvalue weighted by molar-refractivity contribution is 5.92. The summed E-state index contributed by atoms with van der Waals surface area (Å²) in [5.74, 6) is 0. The van der Waals surface area contributed by atoms with E-state index in [-0.39, 0.29) is 5.56 Å². The van der Waals surface area contributed by atoms with E-state index in [9.17, 15) is 10.1 Å². The Balaban J connectivity index is 2.75. The number of hydrogen-bond donors (Lipinski definition) is 0. The summed E-state index contributed by atoms with van der Waals surface area (Å²) in [7, 11) is 0. The molecule has 0 atom stereocenters. The molecule has 0 aliphatic carbocycles. The second-order valence-electron chi connectivity index (χ2n) is 3.79. The minimum Gasteiger partial charge on any atom is -0.282 e. The predicted octanol–water partition coefficient (Wildman–Crippen LogP) is 2.32. The van der Waals surface area contributed by atoms with Crippen LogP contribution in [0.5, 0.6) is 0 Å². The smallest absolute Gasteiger partial charge is 0.263 e. The summed E-state index contributed by atoms with van der Waals surface area (Å²) in [4.78, 5) is 12.2. The molecule has 17 heavy (non-hydrogen) atoms. The lowest BCUT2D eigenvalue weighted by Crippen LogP contribution is -2.14. The van der Waals surface area contributed by atoms with Crippen LogP contribution in [-0.2, 0) is 0 Å². The summed E-state index contributed by atoms with van der Waals surface area (Å²) in [5.41, 5.74) is 1.11. The van der Waals surface area contributed by atoms with Gasteiger partial charge in [0.1, 0.15) is 6.07 Å². The molecule has 3 heteroatoms. The molecule has 0 saturated carbocycles. The fraction of sp³-hybridized carbons (Fsp3) is 0. The SMILES string of the molecule is N#Cc1c2ccccc2c(=O)n2ccccc12. The van der Waals surface area contributed by atoms with E-state index in [0.29, 0.717) is 21.9 Å². The summed E-state index contributed by atoms with van der Waals surface area (Å²) in [6.07, 6.45) is 1.69. The van der Waals surface area contributed by atoms with Gasteiger partial charge in [-0.15, -0.1) is 0 Å². The lowest BCUT2D eigenvalue weighted by molar-refractivity contribution is 1.11. The highest BCUT2D eigenvalue weighted by Crippen LogP contribution is 2.19. The highest BCUT2D eigenvalue weighted by Gasteiger charge is 2.09. The van der Waals surface area contributed by atoms with Gasteiger partial charge in [0.25, 0.3) is 5.56 Å². The molecule has 0 amide bonds. The quantitative estimate of drug-likeness (QED) is 0.546. The number of rotatable bonds is 0. The third-order valence-electron chi connectivity index (χ3n) is 2.87. The van der Waals surface area contributed by atoms with Crippen molar-refractivity contribution < 1.29 is 0 Å². The van der Waals surface area contributed by atoms with E-state index in [4.69, 9.17) is 0 Å². The first-order valence-corrected chi connectivity index (χ1v) is 5.25. The number of benzene rings is 1. The zero-order chi connectivity index (χ0) is 11.8. The second-order valence-corrected chi connectivity index (χ2v) is 3.79. The molecule has 0 radical (unpaired) electrons. The summed E-state index contributed by atoms with van der Waals surface area (Å²) < 4.78 is 1.51. The average Bonchev–Trinajstić information content (AvgIpc) is 2.40. The molecule has 3 rings (SSSR count). The lowest BCUT2D eigenvalue weighted by Gasteiger charge is -2.05. The van der Waals surface area contributed by atoms with Crippen LogP contribution < -0.4 is 5.56 Å². The number of fused-ring (bicyclic) bond motifs is 2. The largest absolute Gasteiger partial charge is 0.282 e. The molecule has 0 bridgehead atoms. The molecular formula is C14H8N2O. The van der Waals surface area contributed by atoms with Crippen LogP contribution >= 0.6 is 0 Å². The Morgan fingerprint density at radius 2 is 1.71 bits per heavy atom. The van der Waals surface area contributed by atoms with Crippen molar-refractivity contribution in [2.75, 3.05) is 0 Å². The average molecular weight is 220 g/mol. The van der Waals surface area contributed by atoms with E-state index in [0.717, 1.165) is 0 Å². The molecule has 3 nitrogen and oxygen atoms in total. The minimum atomic E-state index is -0.0878. The van der Waals surface area contributed by atoms with Crippen molar-refractivity contribution in [3.8, 4) is 6.07 Å². The maximum Gasteiger partial charge on any atom is 0.263 e. The van der Waals surface area contributed by atoms with Crippen molar-refractivity contribution in [3.05, 3.63) is 64.6 Å². The lowest BCUT2D eigenvalue weighted by atomic mass is 10.1. The number of hydrogen-bond acceptors (Lipinski definition) is 2. The van der Waals surface area contributed by atoms with E-state index in [1.165, 1.54) is 4.40 Å². The van der Waals surface area contributed by atoms with Crippen LogP contribution in [-0.4, -0.2) is 4.40 Å². The molecule has 0 aliphatic heterocycles. The van der Waals surface area contributed by atoms with Gasteiger partial charge in [-0.25, -0.2) is 0 Å². The molecule has 0 aliphatic rings. The topological polar surface area (TPSA) is 45.3 Å². The van der Waals surface area contributed by atoms with Gasteiger partial charge in [-0.1, -0.05) is 24.3 Å². The molecule has 1 aromatic carbocycles. The van der Waals surface area contributed by atoms with Crippen LogP contribution in [0.2, 0.25) is 0 Å². The van der Waals surface area contributed by atoms with Crippen molar-refractivity contribution in [1.82, 2.24) is 4.40 Å². The van der Waals surface area contributed by atoms with Gasteiger partial charge in [0.05, 0.1) is 11.1 Å². The van der Waals surface area contributed by atoms with Crippen LogP contribution in [0.15, 0.2) is 53.5 Å². The monoisotopic (exact) mass is 220 g/mol. The van der Waals surface area contributed by atoms with Crippen LogP contribution in [0.25, 0.3) is 16.3 Å². The van der Waals surface area contributed by atoms with Crippen molar-refractivity contribution in [2.24, 2.45) is 0 Å². The van der Waals surface area contributed by atoms with Crippen LogP contribution in [0.1, 0.15) is 5.56 Å². The van der Waals surface area contributed by atoms with E-state index in [1.807, 2.05) is 18.2 Å². The Labute approximate surface area is 97.2 Å². The first kappa shape index (κ1) is 9.61. The van der Waals surface area contributed by atoms with E-state index in [1.54, 1.807) is 30.5 Å². The zero-order valence-corrected chi connectivity index (χ0v) is 8.92. The van der Waals surface area contributed by atoms with Crippen molar-refractivity contribution in [2.45, 2.75) is 0 Å². The molecule has 0 unspecified atom stereocenters. The predicted molar refractivity (Wildman–Crippen MR) is 65.9 cm³/mol. The Bertz CT molecular complexity index is 765. The summed E-state index contributed by atoms with van der Waals surface area (Å²) >= 11 is 0. The molecule has 3 aromatic rings. The molecule has 80 valence electrons. The zero-order valence-electron chi connectivity index (χ0n) is 8.92. The van der Waals surface area contributed by atoms with Gasteiger partial charge < -0.3 is 0 Å². The third-order valence-corrected chi connectivity index (χ3v) is 2.87. The molecular weight excluding hydrogens is 212 g/mol. The van der Waals surface area contributed by atoms with Gasteiger partial charge in [-0.2, -0.15) is 5.26 Å². The number of aromatic nitrogens is 1. The van der Waals surface area contributed by atoms with Gasteiger partial charge in [0, 0.05) is 17.0 Å². The number of nitrogens with zero attached hydrogens (tertiary/aromatic N) is 2. The summed E-state index contributed by atoms with van der Waals surface area (Å²) in [6, 6.07) is 14.8. The first-order chi connectivity index (χ1) is 8.33.